The summed E-state index contributed by atoms with van der Waals surface area (Å²) in [4.78, 5) is 16.2. The number of carbonyl (C=O) groups is 1. The molecular weight excluding hydrogens is 328 g/mol. The Morgan fingerprint density at radius 3 is 2.74 bits per heavy atom. The predicted octanol–water partition coefficient (Wildman–Crippen LogP) is 4.27. The van der Waals surface area contributed by atoms with Gasteiger partial charge in [-0.1, -0.05) is 36.0 Å². The lowest BCUT2D eigenvalue weighted by Gasteiger charge is -2.02. The summed E-state index contributed by atoms with van der Waals surface area (Å²) in [6.45, 7) is -0.228. The van der Waals surface area contributed by atoms with Crippen LogP contribution in [0.25, 0.3) is 10.2 Å². The van der Waals surface area contributed by atoms with Crippen LogP contribution in [0.15, 0.2) is 52.9 Å². The summed E-state index contributed by atoms with van der Waals surface area (Å²) in [5, 5.41) is 8.40. The molecule has 0 aliphatic rings. The molecule has 0 unspecified atom stereocenters. The van der Waals surface area contributed by atoms with Gasteiger partial charge in [0.15, 0.2) is 10.9 Å². The molecule has 1 heterocycles. The number of nitrogens with zero attached hydrogens (tertiary/aromatic N) is 2. The molecule has 0 N–H and O–H groups in total. The Balaban J connectivity index is 1.62. The molecule has 0 radical (unpaired) electrons. The molecule has 23 heavy (non-hydrogen) atoms. The number of hydrogen-bond donors (Lipinski definition) is 0. The first kappa shape index (κ1) is 15.5. The molecule has 3 aromatic rings. The zero-order valence-electron chi connectivity index (χ0n) is 12.1. The fourth-order valence-corrected chi connectivity index (χ4v) is 4.00. The van der Waals surface area contributed by atoms with Gasteiger partial charge in [-0.15, -0.1) is 11.3 Å². The molecule has 0 fully saturated rings. The van der Waals surface area contributed by atoms with Crippen LogP contribution in [0.4, 0.5) is 0 Å². The molecule has 0 amide bonds. The van der Waals surface area contributed by atoms with Crippen LogP contribution < -0.4 is 0 Å². The van der Waals surface area contributed by atoms with Gasteiger partial charge < -0.3 is 4.74 Å². The minimum Gasteiger partial charge on any atom is -0.447 e. The number of carbonyl (C=O) groups excluding carboxylic acids is 1. The SMILES string of the molecule is N#CCOC(=O)c1ccc(CSc2nc3ccccc3s2)cc1. The standard InChI is InChI=1S/C17H12N2O2S2/c18-9-10-21-16(20)13-7-5-12(6-8-13)11-22-17-19-14-3-1-2-4-15(14)23-17/h1-8H,10-11H2. The van der Waals surface area contributed by atoms with E-state index in [1.807, 2.05) is 30.3 Å². The summed E-state index contributed by atoms with van der Waals surface area (Å²) in [5.41, 5.74) is 2.58. The van der Waals surface area contributed by atoms with Gasteiger partial charge in [-0.25, -0.2) is 9.78 Å². The monoisotopic (exact) mass is 340 g/mol. The third-order valence-corrected chi connectivity index (χ3v) is 5.34. The summed E-state index contributed by atoms with van der Waals surface area (Å²) >= 11 is 3.36. The number of thioether (sulfide) groups is 1. The molecule has 1 aromatic heterocycles. The van der Waals surface area contributed by atoms with E-state index in [0.29, 0.717) is 5.56 Å². The lowest BCUT2D eigenvalue weighted by Crippen LogP contribution is -2.05. The number of aromatic nitrogens is 1. The summed E-state index contributed by atoms with van der Waals surface area (Å²) in [6.07, 6.45) is 0. The van der Waals surface area contributed by atoms with Crippen LogP contribution in [-0.4, -0.2) is 17.6 Å². The number of benzene rings is 2. The van der Waals surface area contributed by atoms with Crippen LogP contribution in [-0.2, 0) is 10.5 Å². The first-order chi connectivity index (χ1) is 11.3. The van der Waals surface area contributed by atoms with Crippen LogP contribution in [0, 0.1) is 11.3 Å². The van der Waals surface area contributed by atoms with Crippen LogP contribution in [0.5, 0.6) is 0 Å². The van der Waals surface area contributed by atoms with Crippen molar-refractivity contribution in [3.8, 4) is 6.07 Å². The minimum absolute atomic E-state index is 0.228. The second-order valence-electron chi connectivity index (χ2n) is 4.67. The highest BCUT2D eigenvalue weighted by Crippen LogP contribution is 2.31. The van der Waals surface area contributed by atoms with Crippen molar-refractivity contribution in [1.29, 1.82) is 5.26 Å². The van der Waals surface area contributed by atoms with Gasteiger partial charge in [-0.3, -0.25) is 0 Å². The molecule has 114 valence electrons. The Labute approximate surface area is 141 Å². The molecule has 6 heteroatoms. The fraction of sp³-hybridized carbons (Fsp3) is 0.118. The normalized spacial score (nSPS) is 10.4. The third-order valence-electron chi connectivity index (χ3n) is 3.09. The van der Waals surface area contributed by atoms with E-state index in [1.165, 1.54) is 4.70 Å². The second kappa shape index (κ2) is 7.27. The highest BCUT2D eigenvalue weighted by molar-refractivity contribution is 8.00. The molecule has 0 atom stereocenters. The van der Waals surface area contributed by atoms with Gasteiger partial charge in [0.1, 0.15) is 6.07 Å². The number of para-hydroxylation sites is 1. The lowest BCUT2D eigenvalue weighted by molar-refractivity contribution is 0.0555. The molecule has 0 saturated carbocycles. The number of ether oxygens (including phenoxy) is 1. The topological polar surface area (TPSA) is 63.0 Å². The van der Waals surface area contributed by atoms with E-state index >= 15 is 0 Å². The van der Waals surface area contributed by atoms with Crippen LogP contribution in [0.2, 0.25) is 0 Å². The average molecular weight is 340 g/mol. The first-order valence-corrected chi connectivity index (χ1v) is 8.68. The highest BCUT2D eigenvalue weighted by Gasteiger charge is 2.07. The van der Waals surface area contributed by atoms with Gasteiger partial charge in [0.2, 0.25) is 0 Å². The first-order valence-electron chi connectivity index (χ1n) is 6.87. The number of rotatable bonds is 5. The maximum atomic E-state index is 11.6. The Bertz CT molecular complexity index is 833. The summed E-state index contributed by atoms with van der Waals surface area (Å²) in [7, 11) is 0. The summed E-state index contributed by atoms with van der Waals surface area (Å²) in [6, 6.07) is 17.1. The maximum Gasteiger partial charge on any atom is 0.339 e. The van der Waals surface area contributed by atoms with Gasteiger partial charge in [-0.2, -0.15) is 5.26 Å². The van der Waals surface area contributed by atoms with Gasteiger partial charge in [0.25, 0.3) is 0 Å². The number of nitriles is 1. The Morgan fingerprint density at radius 2 is 2.00 bits per heavy atom. The Kier molecular flexibility index (Phi) is 4.91. The van der Waals surface area contributed by atoms with Crippen molar-refractivity contribution in [2.75, 3.05) is 6.61 Å². The second-order valence-corrected chi connectivity index (χ2v) is 6.92. The zero-order valence-corrected chi connectivity index (χ0v) is 13.7. The molecule has 2 aromatic carbocycles. The van der Waals surface area contributed by atoms with Crippen molar-refractivity contribution < 1.29 is 9.53 Å². The third kappa shape index (κ3) is 3.89. The van der Waals surface area contributed by atoms with Crippen LogP contribution in [0.1, 0.15) is 15.9 Å². The Hall–Kier alpha value is -2.36. The predicted molar refractivity (Wildman–Crippen MR) is 91.5 cm³/mol. The molecule has 0 bridgehead atoms. The number of esters is 1. The van der Waals surface area contributed by atoms with Crippen molar-refractivity contribution in [3.63, 3.8) is 0 Å². The van der Waals surface area contributed by atoms with Crippen molar-refractivity contribution in [1.82, 2.24) is 4.98 Å². The van der Waals surface area contributed by atoms with E-state index in [-0.39, 0.29) is 6.61 Å². The number of thiazole rings is 1. The molecular formula is C17H12N2O2S2. The van der Waals surface area contributed by atoms with E-state index in [1.54, 1.807) is 41.3 Å². The van der Waals surface area contributed by atoms with Crippen LogP contribution in [0.3, 0.4) is 0 Å². The van der Waals surface area contributed by atoms with Gasteiger partial charge >= 0.3 is 5.97 Å². The molecule has 0 aliphatic carbocycles. The van der Waals surface area contributed by atoms with E-state index in [4.69, 9.17) is 10.00 Å². The van der Waals surface area contributed by atoms with Crippen molar-refractivity contribution in [2.45, 2.75) is 10.1 Å². The van der Waals surface area contributed by atoms with Crippen molar-refractivity contribution in [2.24, 2.45) is 0 Å². The fourth-order valence-electron chi connectivity index (χ4n) is 1.98. The maximum absolute atomic E-state index is 11.6. The van der Waals surface area contributed by atoms with E-state index in [9.17, 15) is 4.79 Å². The zero-order chi connectivity index (χ0) is 16.1. The highest BCUT2D eigenvalue weighted by atomic mass is 32.2. The van der Waals surface area contributed by atoms with Crippen LogP contribution >= 0.6 is 23.1 Å². The van der Waals surface area contributed by atoms with E-state index in [2.05, 4.69) is 11.1 Å². The quantitative estimate of drug-likeness (QED) is 0.513. The molecule has 0 spiro atoms. The van der Waals surface area contributed by atoms with Crippen molar-refractivity contribution in [3.05, 3.63) is 59.7 Å². The molecule has 0 aliphatic heterocycles. The lowest BCUT2D eigenvalue weighted by atomic mass is 10.1. The van der Waals surface area contributed by atoms with Gasteiger partial charge in [-0.05, 0) is 29.8 Å². The Morgan fingerprint density at radius 1 is 1.22 bits per heavy atom. The largest absolute Gasteiger partial charge is 0.447 e. The molecule has 0 saturated heterocycles. The van der Waals surface area contributed by atoms with Gasteiger partial charge in [0.05, 0.1) is 15.8 Å². The smallest absolute Gasteiger partial charge is 0.339 e. The number of fused-ring (bicyclic) bond motifs is 1. The molecule has 4 nitrogen and oxygen atoms in total. The van der Waals surface area contributed by atoms with E-state index in [0.717, 1.165) is 21.2 Å². The summed E-state index contributed by atoms with van der Waals surface area (Å²) in [5.74, 6) is 0.310. The molecule has 3 rings (SSSR count). The minimum atomic E-state index is -0.475. The van der Waals surface area contributed by atoms with Gasteiger partial charge in [0, 0.05) is 5.75 Å². The summed E-state index contributed by atoms with van der Waals surface area (Å²) < 4.78 is 6.98. The van der Waals surface area contributed by atoms with Crippen molar-refractivity contribution >= 4 is 39.3 Å². The average Bonchev–Trinajstić information content (AvgIpc) is 3.01. The van der Waals surface area contributed by atoms with E-state index < -0.39 is 5.97 Å². The number of hydrogen-bond acceptors (Lipinski definition) is 6.